The summed E-state index contributed by atoms with van der Waals surface area (Å²) < 4.78 is 1.87. The molecular weight excluding hydrogens is 352 g/mol. The first kappa shape index (κ1) is 18.5. The second kappa shape index (κ2) is 7.91. The van der Waals surface area contributed by atoms with Crippen molar-refractivity contribution < 1.29 is 9.59 Å². The number of aromatic nitrogens is 2. The minimum atomic E-state index is -0.335. The Labute approximate surface area is 157 Å². The highest BCUT2D eigenvalue weighted by molar-refractivity contribution is 6.30. The third-order valence-electron chi connectivity index (χ3n) is 4.61. The maximum absolute atomic E-state index is 12.7. The molecule has 1 aromatic heterocycles. The van der Waals surface area contributed by atoms with Gasteiger partial charge in [0.2, 0.25) is 0 Å². The van der Waals surface area contributed by atoms with E-state index in [0.717, 1.165) is 31.4 Å². The fourth-order valence-corrected chi connectivity index (χ4v) is 3.24. The van der Waals surface area contributed by atoms with Crippen molar-refractivity contribution in [2.24, 2.45) is 0 Å². The van der Waals surface area contributed by atoms with Gasteiger partial charge in [-0.3, -0.25) is 9.59 Å². The summed E-state index contributed by atoms with van der Waals surface area (Å²) in [6, 6.07) is 7.01. The van der Waals surface area contributed by atoms with E-state index in [0.29, 0.717) is 22.9 Å². The number of amides is 2. The summed E-state index contributed by atoms with van der Waals surface area (Å²) in [5.41, 5.74) is 1.80. The van der Waals surface area contributed by atoms with Crippen molar-refractivity contribution in [3.8, 4) is 0 Å². The molecule has 1 aromatic carbocycles. The van der Waals surface area contributed by atoms with Crippen molar-refractivity contribution in [3.63, 3.8) is 0 Å². The maximum Gasteiger partial charge on any atom is 0.291 e. The van der Waals surface area contributed by atoms with Crippen LogP contribution in [-0.4, -0.2) is 27.4 Å². The number of imidazole rings is 1. The van der Waals surface area contributed by atoms with Crippen LogP contribution in [0.1, 0.15) is 59.9 Å². The summed E-state index contributed by atoms with van der Waals surface area (Å²) in [7, 11) is 0. The lowest BCUT2D eigenvalue weighted by atomic mass is 10.1. The molecule has 0 spiro atoms. The summed E-state index contributed by atoms with van der Waals surface area (Å²) in [6.07, 6.45) is 3.54. The van der Waals surface area contributed by atoms with Gasteiger partial charge in [-0.1, -0.05) is 24.6 Å². The third-order valence-corrected chi connectivity index (χ3v) is 4.84. The lowest BCUT2D eigenvalue weighted by Crippen LogP contribution is -2.33. The molecule has 2 N–H and O–H groups in total. The molecule has 2 amide bonds. The number of nitrogens with zero attached hydrogens (tertiary/aromatic N) is 2. The van der Waals surface area contributed by atoms with Crippen LogP contribution >= 0.6 is 11.6 Å². The summed E-state index contributed by atoms with van der Waals surface area (Å²) in [4.78, 5) is 29.7. The lowest BCUT2D eigenvalue weighted by Gasteiger charge is -2.17. The Bertz CT molecular complexity index is 831. The van der Waals surface area contributed by atoms with Crippen molar-refractivity contribution in [1.29, 1.82) is 0 Å². The zero-order chi connectivity index (χ0) is 18.7. The van der Waals surface area contributed by atoms with Crippen molar-refractivity contribution in [2.75, 3.05) is 5.32 Å². The summed E-state index contributed by atoms with van der Waals surface area (Å²) in [5, 5.41) is 6.30. The molecule has 6 nitrogen and oxygen atoms in total. The van der Waals surface area contributed by atoms with Gasteiger partial charge in [0.05, 0.1) is 5.69 Å². The molecule has 1 unspecified atom stereocenters. The molecule has 3 rings (SSSR count). The molecule has 1 atom stereocenters. The Morgan fingerprint density at radius 1 is 1.31 bits per heavy atom. The molecule has 1 aliphatic rings. The number of hydrogen-bond acceptors (Lipinski definition) is 3. The fraction of sp³-hybridized carbons (Fsp3) is 0.421. The van der Waals surface area contributed by atoms with Crippen LogP contribution in [0.25, 0.3) is 0 Å². The van der Waals surface area contributed by atoms with E-state index in [4.69, 9.17) is 11.6 Å². The predicted molar refractivity (Wildman–Crippen MR) is 102 cm³/mol. The smallest absolute Gasteiger partial charge is 0.291 e. The van der Waals surface area contributed by atoms with Gasteiger partial charge in [0.15, 0.2) is 5.82 Å². The van der Waals surface area contributed by atoms with E-state index in [1.54, 1.807) is 24.3 Å². The SMILES string of the molecule is CCC(C)NC(=O)c1nc(C(=O)Nc2cccc(Cl)c2)n2c1CCCC2. The number of carbonyl (C=O) groups is 2. The van der Waals surface area contributed by atoms with Crippen molar-refractivity contribution in [1.82, 2.24) is 14.9 Å². The van der Waals surface area contributed by atoms with E-state index >= 15 is 0 Å². The van der Waals surface area contributed by atoms with Gasteiger partial charge >= 0.3 is 0 Å². The molecule has 2 aromatic rings. The highest BCUT2D eigenvalue weighted by atomic mass is 35.5. The number of benzene rings is 1. The second-order valence-electron chi connectivity index (χ2n) is 6.59. The molecule has 0 aliphatic carbocycles. The second-order valence-corrected chi connectivity index (χ2v) is 7.02. The monoisotopic (exact) mass is 374 g/mol. The molecule has 2 heterocycles. The van der Waals surface area contributed by atoms with Crippen LogP contribution in [-0.2, 0) is 13.0 Å². The van der Waals surface area contributed by atoms with Crippen LogP contribution in [0.2, 0.25) is 5.02 Å². The number of halogens is 1. The fourth-order valence-electron chi connectivity index (χ4n) is 3.05. The van der Waals surface area contributed by atoms with Crippen molar-refractivity contribution >= 4 is 29.1 Å². The number of fused-ring (bicyclic) bond motifs is 1. The van der Waals surface area contributed by atoms with Gasteiger partial charge in [0.1, 0.15) is 5.69 Å². The first-order chi connectivity index (χ1) is 12.5. The van der Waals surface area contributed by atoms with Crippen LogP contribution in [0.4, 0.5) is 5.69 Å². The van der Waals surface area contributed by atoms with Gasteiger partial charge in [0.25, 0.3) is 11.8 Å². The van der Waals surface area contributed by atoms with Crippen LogP contribution < -0.4 is 10.6 Å². The minimum Gasteiger partial charge on any atom is -0.348 e. The van der Waals surface area contributed by atoms with Crippen LogP contribution in [0, 0.1) is 0 Å². The maximum atomic E-state index is 12.7. The van der Waals surface area contributed by atoms with Gasteiger partial charge < -0.3 is 15.2 Å². The molecule has 26 heavy (non-hydrogen) atoms. The normalized spacial score (nSPS) is 14.4. The predicted octanol–water partition coefficient (Wildman–Crippen LogP) is 3.65. The van der Waals surface area contributed by atoms with E-state index in [1.165, 1.54) is 0 Å². The van der Waals surface area contributed by atoms with E-state index in [9.17, 15) is 9.59 Å². The Morgan fingerprint density at radius 2 is 2.12 bits per heavy atom. The first-order valence-electron chi connectivity index (χ1n) is 8.96. The van der Waals surface area contributed by atoms with Crippen LogP contribution in [0.15, 0.2) is 24.3 Å². The molecule has 0 bridgehead atoms. The van der Waals surface area contributed by atoms with Crippen molar-refractivity contribution in [2.45, 2.75) is 52.1 Å². The average molecular weight is 375 g/mol. The first-order valence-corrected chi connectivity index (χ1v) is 9.34. The minimum absolute atomic E-state index is 0.0622. The average Bonchev–Trinajstić information content (AvgIpc) is 3.01. The van der Waals surface area contributed by atoms with E-state index in [2.05, 4.69) is 15.6 Å². The van der Waals surface area contributed by atoms with E-state index in [-0.39, 0.29) is 23.7 Å². The largest absolute Gasteiger partial charge is 0.348 e. The highest BCUT2D eigenvalue weighted by Gasteiger charge is 2.27. The topological polar surface area (TPSA) is 76.0 Å². The molecule has 0 fully saturated rings. The van der Waals surface area contributed by atoms with Crippen LogP contribution in [0.5, 0.6) is 0 Å². The molecule has 0 radical (unpaired) electrons. The Morgan fingerprint density at radius 3 is 2.85 bits per heavy atom. The van der Waals surface area contributed by atoms with Gasteiger partial charge in [-0.05, 0) is 50.8 Å². The summed E-state index contributed by atoms with van der Waals surface area (Å²) >= 11 is 5.97. The summed E-state index contributed by atoms with van der Waals surface area (Å²) in [6.45, 7) is 4.65. The molecular formula is C19H23ClN4O2. The molecule has 0 saturated carbocycles. The standard InChI is InChI=1S/C19H23ClN4O2/c1-3-12(2)21-18(25)16-15-9-4-5-10-24(15)17(23-16)19(26)22-14-8-6-7-13(20)11-14/h6-8,11-12H,3-5,9-10H2,1-2H3,(H,21,25)(H,22,26). The van der Waals surface area contributed by atoms with Gasteiger partial charge in [-0.15, -0.1) is 0 Å². The Balaban J connectivity index is 1.89. The molecule has 0 saturated heterocycles. The number of rotatable bonds is 5. The van der Waals surface area contributed by atoms with E-state index in [1.807, 2.05) is 18.4 Å². The van der Waals surface area contributed by atoms with Gasteiger partial charge in [-0.2, -0.15) is 0 Å². The van der Waals surface area contributed by atoms with Crippen LogP contribution in [0.3, 0.4) is 0 Å². The zero-order valence-electron chi connectivity index (χ0n) is 15.0. The zero-order valence-corrected chi connectivity index (χ0v) is 15.8. The highest BCUT2D eigenvalue weighted by Crippen LogP contribution is 2.23. The third kappa shape index (κ3) is 3.90. The molecule has 138 valence electrons. The number of anilines is 1. The van der Waals surface area contributed by atoms with Crippen molar-refractivity contribution in [3.05, 3.63) is 46.5 Å². The van der Waals surface area contributed by atoms with E-state index < -0.39 is 0 Å². The molecule has 1 aliphatic heterocycles. The Hall–Kier alpha value is -2.34. The van der Waals surface area contributed by atoms with Gasteiger partial charge in [0, 0.05) is 23.3 Å². The number of carbonyl (C=O) groups excluding carboxylic acids is 2. The molecule has 7 heteroatoms. The Kier molecular flexibility index (Phi) is 5.61. The van der Waals surface area contributed by atoms with Gasteiger partial charge in [-0.25, -0.2) is 4.98 Å². The quantitative estimate of drug-likeness (QED) is 0.838. The number of nitrogens with one attached hydrogen (secondary N) is 2. The number of hydrogen-bond donors (Lipinski definition) is 2. The summed E-state index contributed by atoms with van der Waals surface area (Å²) in [5.74, 6) is -0.279. The lowest BCUT2D eigenvalue weighted by molar-refractivity contribution is 0.0933.